The smallest absolute Gasteiger partial charge is 0.233 e. The van der Waals surface area contributed by atoms with E-state index in [4.69, 9.17) is 11.6 Å². The molecular weight excluding hydrogens is 224 g/mol. The number of amides is 1. The molecule has 0 unspecified atom stereocenters. The zero-order chi connectivity index (χ0) is 11.8. The summed E-state index contributed by atoms with van der Waals surface area (Å²) < 4.78 is 0. The fourth-order valence-electron chi connectivity index (χ4n) is 1.34. The number of hydrogen-bond donors (Lipinski definition) is 2. The van der Waals surface area contributed by atoms with Gasteiger partial charge in [-0.2, -0.15) is 0 Å². The lowest BCUT2D eigenvalue weighted by molar-refractivity contribution is -0.120. The predicted octanol–water partition coefficient (Wildman–Crippen LogP) is 1.61. The van der Waals surface area contributed by atoms with Crippen LogP contribution in [0.3, 0.4) is 0 Å². The first-order chi connectivity index (χ1) is 7.72. The summed E-state index contributed by atoms with van der Waals surface area (Å²) >= 11 is 5.86. The van der Waals surface area contributed by atoms with E-state index in [-0.39, 0.29) is 5.91 Å². The first-order valence-electron chi connectivity index (χ1n) is 5.44. The second kappa shape index (κ2) is 7.25. The summed E-state index contributed by atoms with van der Waals surface area (Å²) in [6.45, 7) is 3.80. The Hall–Kier alpha value is -1.06. The van der Waals surface area contributed by atoms with Crippen molar-refractivity contribution in [3.8, 4) is 0 Å². The third kappa shape index (κ3) is 5.14. The van der Waals surface area contributed by atoms with Crippen LogP contribution in [0, 0.1) is 0 Å². The maximum Gasteiger partial charge on any atom is 0.233 e. The van der Waals surface area contributed by atoms with Crippen LogP contribution in [0.4, 0.5) is 0 Å². The van der Waals surface area contributed by atoms with Crippen molar-refractivity contribution >= 4 is 17.5 Å². The molecule has 0 fully saturated rings. The van der Waals surface area contributed by atoms with E-state index in [2.05, 4.69) is 10.6 Å². The van der Waals surface area contributed by atoms with Crippen molar-refractivity contribution < 1.29 is 4.79 Å². The van der Waals surface area contributed by atoms with E-state index in [9.17, 15) is 4.79 Å². The molecule has 0 saturated carbocycles. The fraction of sp³-hybridized carbons (Fsp3) is 0.417. The van der Waals surface area contributed by atoms with Gasteiger partial charge in [-0.25, -0.2) is 0 Å². The third-order valence-corrected chi connectivity index (χ3v) is 2.40. The Morgan fingerprint density at radius 2 is 2.25 bits per heavy atom. The Labute approximate surface area is 101 Å². The average Bonchev–Trinajstić information content (AvgIpc) is 2.26. The number of rotatable bonds is 6. The standard InChI is InChI=1S/C12H17ClN2O/c1-2-14-9-12(16)15-7-6-10-4-3-5-11(13)8-10/h3-5,8,14H,2,6-7,9H2,1H3,(H,15,16). The quantitative estimate of drug-likeness (QED) is 0.793. The summed E-state index contributed by atoms with van der Waals surface area (Å²) in [6, 6.07) is 7.67. The topological polar surface area (TPSA) is 41.1 Å². The van der Waals surface area contributed by atoms with Gasteiger partial charge in [0.05, 0.1) is 6.54 Å². The Kier molecular flexibility index (Phi) is 5.90. The van der Waals surface area contributed by atoms with Crippen molar-refractivity contribution in [2.75, 3.05) is 19.6 Å². The van der Waals surface area contributed by atoms with Crippen molar-refractivity contribution in [3.05, 3.63) is 34.9 Å². The summed E-state index contributed by atoms with van der Waals surface area (Å²) in [5.41, 5.74) is 1.14. The number of nitrogens with one attached hydrogen (secondary N) is 2. The molecule has 1 aromatic carbocycles. The molecule has 0 spiro atoms. The number of carbonyl (C=O) groups is 1. The van der Waals surface area contributed by atoms with E-state index in [0.717, 1.165) is 23.6 Å². The predicted molar refractivity (Wildman–Crippen MR) is 66.7 cm³/mol. The van der Waals surface area contributed by atoms with Crippen molar-refractivity contribution in [2.45, 2.75) is 13.3 Å². The van der Waals surface area contributed by atoms with E-state index >= 15 is 0 Å². The number of carbonyl (C=O) groups excluding carboxylic acids is 1. The molecular formula is C12H17ClN2O. The van der Waals surface area contributed by atoms with Crippen LogP contribution in [0.2, 0.25) is 5.02 Å². The molecule has 0 aliphatic rings. The van der Waals surface area contributed by atoms with Crippen LogP contribution in [-0.2, 0) is 11.2 Å². The molecule has 0 aromatic heterocycles. The molecule has 1 aromatic rings. The summed E-state index contributed by atoms with van der Waals surface area (Å²) in [6.07, 6.45) is 0.804. The highest BCUT2D eigenvalue weighted by Gasteiger charge is 1.99. The highest BCUT2D eigenvalue weighted by Crippen LogP contribution is 2.10. The van der Waals surface area contributed by atoms with E-state index in [0.29, 0.717) is 13.1 Å². The molecule has 16 heavy (non-hydrogen) atoms. The van der Waals surface area contributed by atoms with Gasteiger partial charge in [0.15, 0.2) is 0 Å². The highest BCUT2D eigenvalue weighted by atomic mass is 35.5. The van der Waals surface area contributed by atoms with Gasteiger partial charge in [-0.05, 0) is 30.7 Å². The first kappa shape index (κ1) is 13.0. The van der Waals surface area contributed by atoms with Crippen LogP contribution in [0.25, 0.3) is 0 Å². The third-order valence-electron chi connectivity index (χ3n) is 2.16. The van der Waals surface area contributed by atoms with Crippen molar-refractivity contribution in [1.82, 2.24) is 10.6 Å². The summed E-state index contributed by atoms with van der Waals surface area (Å²) in [5.74, 6) is 0.0314. The Bertz CT molecular complexity index is 342. The number of benzene rings is 1. The maximum atomic E-state index is 11.3. The molecule has 3 nitrogen and oxygen atoms in total. The second-order valence-corrected chi connectivity index (χ2v) is 3.95. The van der Waals surface area contributed by atoms with E-state index in [1.807, 2.05) is 31.2 Å². The van der Waals surface area contributed by atoms with Crippen LogP contribution >= 0.6 is 11.6 Å². The molecule has 0 radical (unpaired) electrons. The number of hydrogen-bond acceptors (Lipinski definition) is 2. The van der Waals surface area contributed by atoms with Crippen LogP contribution in [0.15, 0.2) is 24.3 Å². The summed E-state index contributed by atoms with van der Waals surface area (Å²) in [7, 11) is 0. The van der Waals surface area contributed by atoms with Gasteiger partial charge in [-0.1, -0.05) is 30.7 Å². The van der Waals surface area contributed by atoms with Crippen molar-refractivity contribution in [3.63, 3.8) is 0 Å². The second-order valence-electron chi connectivity index (χ2n) is 3.51. The van der Waals surface area contributed by atoms with Crippen LogP contribution < -0.4 is 10.6 Å². The zero-order valence-corrected chi connectivity index (χ0v) is 10.2. The van der Waals surface area contributed by atoms with Crippen LogP contribution in [0.5, 0.6) is 0 Å². The molecule has 0 aliphatic heterocycles. The SMILES string of the molecule is CCNCC(=O)NCCc1cccc(Cl)c1. The van der Waals surface area contributed by atoms with Gasteiger partial charge in [-0.3, -0.25) is 4.79 Å². The fourth-order valence-corrected chi connectivity index (χ4v) is 1.55. The monoisotopic (exact) mass is 240 g/mol. The average molecular weight is 241 g/mol. The molecule has 1 rings (SSSR count). The van der Waals surface area contributed by atoms with Gasteiger partial charge in [-0.15, -0.1) is 0 Å². The van der Waals surface area contributed by atoms with Crippen LogP contribution in [-0.4, -0.2) is 25.5 Å². The lowest BCUT2D eigenvalue weighted by Gasteiger charge is -2.05. The van der Waals surface area contributed by atoms with Crippen molar-refractivity contribution in [1.29, 1.82) is 0 Å². The molecule has 1 amide bonds. The van der Waals surface area contributed by atoms with E-state index < -0.39 is 0 Å². The Balaban J connectivity index is 2.22. The Morgan fingerprint density at radius 1 is 1.44 bits per heavy atom. The van der Waals surface area contributed by atoms with Gasteiger partial charge in [0, 0.05) is 11.6 Å². The van der Waals surface area contributed by atoms with Gasteiger partial charge in [0.1, 0.15) is 0 Å². The molecule has 2 N–H and O–H groups in total. The van der Waals surface area contributed by atoms with Crippen LogP contribution in [0.1, 0.15) is 12.5 Å². The lowest BCUT2D eigenvalue weighted by Crippen LogP contribution is -2.34. The molecule has 88 valence electrons. The minimum Gasteiger partial charge on any atom is -0.355 e. The molecule has 0 bridgehead atoms. The highest BCUT2D eigenvalue weighted by molar-refractivity contribution is 6.30. The normalized spacial score (nSPS) is 10.1. The van der Waals surface area contributed by atoms with Gasteiger partial charge in [0.25, 0.3) is 0 Å². The molecule has 0 aliphatic carbocycles. The minimum absolute atomic E-state index is 0.0314. The van der Waals surface area contributed by atoms with E-state index in [1.54, 1.807) is 0 Å². The molecule has 4 heteroatoms. The summed E-state index contributed by atoms with van der Waals surface area (Å²) in [4.78, 5) is 11.3. The Morgan fingerprint density at radius 3 is 2.94 bits per heavy atom. The van der Waals surface area contributed by atoms with E-state index in [1.165, 1.54) is 0 Å². The van der Waals surface area contributed by atoms with Gasteiger partial charge >= 0.3 is 0 Å². The largest absolute Gasteiger partial charge is 0.355 e. The molecule has 0 atom stereocenters. The molecule has 0 saturated heterocycles. The number of likely N-dealkylation sites (N-methyl/N-ethyl adjacent to an activating group) is 1. The lowest BCUT2D eigenvalue weighted by atomic mass is 10.1. The minimum atomic E-state index is 0.0314. The van der Waals surface area contributed by atoms with Gasteiger partial charge in [0.2, 0.25) is 5.91 Å². The van der Waals surface area contributed by atoms with Gasteiger partial charge < -0.3 is 10.6 Å². The maximum absolute atomic E-state index is 11.3. The molecule has 0 heterocycles. The summed E-state index contributed by atoms with van der Waals surface area (Å²) in [5, 5.41) is 6.55. The first-order valence-corrected chi connectivity index (χ1v) is 5.82. The van der Waals surface area contributed by atoms with Crippen molar-refractivity contribution in [2.24, 2.45) is 0 Å². The number of halogens is 1. The zero-order valence-electron chi connectivity index (χ0n) is 9.42.